The number of phenols is 1. The number of amides is 7. The van der Waals surface area contributed by atoms with Gasteiger partial charge in [0.1, 0.15) is 60.4 Å². The Morgan fingerprint density at radius 2 is 1.34 bits per heavy atom. The number of phenolic OH excluding ortho intramolecular Hbond substituents is 1. The molecule has 0 spiro atoms. The fourth-order valence-corrected chi connectivity index (χ4v) is 10.2. The van der Waals surface area contributed by atoms with Crippen LogP contribution in [0.1, 0.15) is 129 Å². The lowest BCUT2D eigenvalue weighted by Gasteiger charge is -2.35. The van der Waals surface area contributed by atoms with E-state index in [0.717, 1.165) is 55.2 Å². The molecule has 25 nitrogen and oxygen atoms in total. The summed E-state index contributed by atoms with van der Waals surface area (Å²) in [7, 11) is 0. The zero-order chi connectivity index (χ0) is 57.1. The lowest BCUT2D eigenvalue weighted by Crippen LogP contribution is -2.65. The molecule has 3 aliphatic heterocycles. The minimum atomic E-state index is -2.28. The van der Waals surface area contributed by atoms with E-state index in [-0.39, 0.29) is 56.8 Å². The zero-order valence-corrected chi connectivity index (χ0v) is 45.0. The highest BCUT2D eigenvalue weighted by Crippen LogP contribution is 2.27. The molecule has 18 N–H and O–H groups in total. The Kier molecular flexibility index (Phi) is 26.4. The van der Waals surface area contributed by atoms with Crippen LogP contribution in [-0.4, -0.2) is 204 Å². The molecule has 0 radical (unpaired) electrons. The van der Waals surface area contributed by atoms with Gasteiger partial charge in [0.2, 0.25) is 41.4 Å². The Bertz CT molecular complexity index is 2070. The minimum Gasteiger partial charge on any atom is -0.508 e. The first-order valence-corrected chi connectivity index (χ1v) is 27.3. The summed E-state index contributed by atoms with van der Waals surface area (Å²) >= 11 is 0. The molecule has 6 unspecified atom stereocenters. The Labute approximate surface area is 450 Å². The molecule has 77 heavy (non-hydrogen) atoms. The second-order valence-corrected chi connectivity index (χ2v) is 21.3. The number of benzene rings is 1. The van der Waals surface area contributed by atoms with Crippen LogP contribution in [-0.2, 0) is 33.6 Å². The molecule has 0 bridgehead atoms. The standard InChI is InChI=1S/C52H88N10O15/c1-5-28(2)24-29(3)12-10-8-6-7-9-11-13-39(69)56-34-26-38(68)46(55-22-21-54)60-50(75)43-37(67)19-23-61(43)52(77)41(36(66)18-20-53)58-49(74)42(45(71)44(70)31-14-16-32(64)17-15-31)59-48(73)35-25-33(65)27-62(35)51(76)40(30(4)63)57-47(34)72/h14-17,28-30,33-38,40-46,55,63-68,70-71H,5-13,18-27,53-54H2,1-4H3,(H,56,69)(H,57,72)(H,58,74)(H,59,73)(H,60,75)/t28?,29?,30-,33-,34?,35?,36-,37+,38-,40?,41?,42+,43+,44+,45+,46+/m1/s1. The molecule has 0 saturated carbocycles. The number of aliphatic hydroxyl groups is 7. The third kappa shape index (κ3) is 18.8. The summed E-state index contributed by atoms with van der Waals surface area (Å²) in [5.41, 5.74) is 11.5. The summed E-state index contributed by atoms with van der Waals surface area (Å²) in [6.45, 7) is 6.73. The number of fused-ring (bicyclic) bond motifs is 2. The molecule has 25 heteroatoms. The number of carbonyl (C=O) groups is 7. The van der Waals surface area contributed by atoms with Crippen LogP contribution in [0.25, 0.3) is 0 Å². The van der Waals surface area contributed by atoms with Gasteiger partial charge in [-0.1, -0.05) is 77.8 Å². The first-order chi connectivity index (χ1) is 36.5. The summed E-state index contributed by atoms with van der Waals surface area (Å²) in [6.07, 6.45) is -6.95. The van der Waals surface area contributed by atoms with E-state index in [1.54, 1.807) is 0 Å². The van der Waals surface area contributed by atoms with E-state index in [1.807, 2.05) is 0 Å². The number of aliphatic hydroxyl groups excluding tert-OH is 7. The maximum absolute atomic E-state index is 14.6. The van der Waals surface area contributed by atoms with Gasteiger partial charge >= 0.3 is 0 Å². The topological polar surface area (TPSA) is 412 Å². The molecule has 1 aromatic rings. The maximum atomic E-state index is 14.6. The highest BCUT2D eigenvalue weighted by molar-refractivity contribution is 5.98. The lowest BCUT2D eigenvalue weighted by atomic mass is 9.91. The predicted molar refractivity (Wildman–Crippen MR) is 280 cm³/mol. The molecule has 3 saturated heterocycles. The minimum absolute atomic E-state index is 0.0257. The van der Waals surface area contributed by atoms with Crippen molar-refractivity contribution < 1.29 is 74.4 Å². The summed E-state index contributed by atoms with van der Waals surface area (Å²) in [6, 6.07) is -6.40. The number of hydrogen-bond donors (Lipinski definition) is 16. The molecule has 3 aliphatic rings. The van der Waals surface area contributed by atoms with Gasteiger partial charge in [0.15, 0.2) is 0 Å². The molecular weight excluding hydrogens is 1000 g/mol. The van der Waals surface area contributed by atoms with Crippen LogP contribution >= 0.6 is 0 Å². The van der Waals surface area contributed by atoms with Crippen LogP contribution in [0.4, 0.5) is 0 Å². The molecule has 3 fully saturated rings. The first kappa shape index (κ1) is 64.4. The largest absolute Gasteiger partial charge is 0.508 e. The molecule has 0 aromatic heterocycles. The summed E-state index contributed by atoms with van der Waals surface area (Å²) in [4.78, 5) is 102. The third-order valence-corrected chi connectivity index (χ3v) is 14.9. The van der Waals surface area contributed by atoms with Crippen LogP contribution in [0.3, 0.4) is 0 Å². The average Bonchev–Trinajstić information content (AvgIpc) is 3.99. The lowest BCUT2D eigenvalue weighted by molar-refractivity contribution is -0.148. The number of rotatable bonds is 23. The van der Waals surface area contributed by atoms with Crippen LogP contribution in [0.15, 0.2) is 24.3 Å². The Balaban J connectivity index is 1.73. The quantitative estimate of drug-likeness (QED) is 0.0477. The predicted octanol–water partition coefficient (Wildman–Crippen LogP) is -3.31. The van der Waals surface area contributed by atoms with E-state index in [1.165, 1.54) is 30.7 Å². The molecule has 4 rings (SSSR count). The van der Waals surface area contributed by atoms with Crippen molar-refractivity contribution in [3.8, 4) is 5.75 Å². The van der Waals surface area contributed by atoms with E-state index in [2.05, 4.69) is 52.7 Å². The highest BCUT2D eigenvalue weighted by Gasteiger charge is 2.49. The first-order valence-electron chi connectivity index (χ1n) is 27.3. The van der Waals surface area contributed by atoms with E-state index < -0.39 is 146 Å². The van der Waals surface area contributed by atoms with Gasteiger partial charge in [0.05, 0.1) is 30.5 Å². The molecule has 436 valence electrons. The smallest absolute Gasteiger partial charge is 0.248 e. The van der Waals surface area contributed by atoms with E-state index >= 15 is 0 Å². The number of nitrogens with one attached hydrogen (secondary N) is 6. The average molecular weight is 1090 g/mol. The highest BCUT2D eigenvalue weighted by atomic mass is 16.3. The maximum Gasteiger partial charge on any atom is 0.248 e. The molecular formula is C52H88N10O15. The molecule has 7 amide bonds. The van der Waals surface area contributed by atoms with E-state index in [9.17, 15) is 74.4 Å². The zero-order valence-electron chi connectivity index (χ0n) is 45.0. The van der Waals surface area contributed by atoms with Crippen LogP contribution < -0.4 is 43.4 Å². The Morgan fingerprint density at radius 3 is 1.97 bits per heavy atom. The monoisotopic (exact) mass is 1090 g/mol. The summed E-state index contributed by atoms with van der Waals surface area (Å²) < 4.78 is 0. The number of nitrogens with two attached hydrogens (primary N) is 2. The van der Waals surface area contributed by atoms with Gasteiger partial charge in [-0.05, 0) is 68.7 Å². The third-order valence-electron chi connectivity index (χ3n) is 14.9. The van der Waals surface area contributed by atoms with Crippen molar-refractivity contribution >= 4 is 41.4 Å². The Hall–Kier alpha value is -5.09. The van der Waals surface area contributed by atoms with Gasteiger partial charge in [-0.3, -0.25) is 38.9 Å². The van der Waals surface area contributed by atoms with Crippen molar-refractivity contribution in [3.63, 3.8) is 0 Å². The number of aromatic hydroxyl groups is 1. The van der Waals surface area contributed by atoms with Crippen molar-refractivity contribution in [2.24, 2.45) is 23.3 Å². The SMILES string of the molecule is CCC(C)CC(C)CCCCCCCCC(=O)NC1C[C@@H](O)[C@@H](NCCN)NC(=O)[C@@H]2[C@@H](O)CCN2C(=O)C([C@H](O)CCN)NC(=O)[C@H]([C@H](O)[C@@H](O)c2ccc(O)cc2)NC(=O)C2C[C@@H](O)CN2C(=O)C([C@@H](C)O)NC1=O. The number of unbranched alkanes of at least 4 members (excludes halogenated alkanes) is 5. The van der Waals surface area contributed by atoms with Gasteiger partial charge in [-0.25, -0.2) is 0 Å². The van der Waals surface area contributed by atoms with Crippen molar-refractivity contribution in [1.29, 1.82) is 0 Å². The van der Waals surface area contributed by atoms with Crippen molar-refractivity contribution in [3.05, 3.63) is 29.8 Å². The van der Waals surface area contributed by atoms with Crippen LogP contribution in [0.5, 0.6) is 5.75 Å². The second-order valence-electron chi connectivity index (χ2n) is 21.3. The van der Waals surface area contributed by atoms with E-state index in [4.69, 9.17) is 11.5 Å². The van der Waals surface area contributed by atoms with Crippen molar-refractivity contribution in [1.82, 2.24) is 41.7 Å². The van der Waals surface area contributed by atoms with Gasteiger partial charge in [0, 0.05) is 45.4 Å². The molecule has 0 aliphatic carbocycles. The van der Waals surface area contributed by atoms with Crippen molar-refractivity contribution in [2.75, 3.05) is 32.7 Å². The summed E-state index contributed by atoms with van der Waals surface area (Å²) in [5, 5.41) is 104. The number of nitrogens with zero attached hydrogens (tertiary/aromatic N) is 2. The van der Waals surface area contributed by atoms with E-state index in [0.29, 0.717) is 24.7 Å². The normalized spacial score (nSPS) is 28.6. The Morgan fingerprint density at radius 1 is 0.714 bits per heavy atom. The van der Waals surface area contributed by atoms with Gasteiger partial charge < -0.3 is 88.7 Å². The van der Waals surface area contributed by atoms with Gasteiger partial charge in [-0.15, -0.1) is 0 Å². The van der Waals surface area contributed by atoms with Crippen LogP contribution in [0, 0.1) is 11.8 Å². The summed E-state index contributed by atoms with van der Waals surface area (Å²) in [5.74, 6) is -6.43. The number of carbonyl (C=O) groups excluding carboxylic acids is 7. The molecule has 16 atom stereocenters. The molecule has 3 heterocycles. The molecule has 1 aromatic carbocycles. The van der Waals surface area contributed by atoms with Crippen LogP contribution in [0.2, 0.25) is 0 Å². The van der Waals surface area contributed by atoms with Crippen molar-refractivity contribution in [2.45, 2.75) is 203 Å². The van der Waals surface area contributed by atoms with Gasteiger partial charge in [0.25, 0.3) is 0 Å². The second kappa shape index (κ2) is 31.5. The fourth-order valence-electron chi connectivity index (χ4n) is 10.2. The van der Waals surface area contributed by atoms with Gasteiger partial charge in [-0.2, -0.15) is 0 Å². The fraction of sp³-hybridized carbons (Fsp3) is 0.750. The number of hydrogen-bond acceptors (Lipinski definition) is 18.